The van der Waals surface area contributed by atoms with E-state index in [0.29, 0.717) is 6.04 Å². The van der Waals surface area contributed by atoms with Gasteiger partial charge in [0.1, 0.15) is 0 Å². The van der Waals surface area contributed by atoms with Crippen LogP contribution in [0.25, 0.3) is 0 Å². The summed E-state index contributed by atoms with van der Waals surface area (Å²) in [5, 5.41) is 7.63. The van der Waals surface area contributed by atoms with E-state index in [1.165, 1.54) is 43.4 Å². The Morgan fingerprint density at radius 1 is 1.27 bits per heavy atom. The van der Waals surface area contributed by atoms with E-state index in [0.717, 1.165) is 24.7 Å². The highest BCUT2D eigenvalue weighted by atomic mass is 32.1. The Hall–Kier alpha value is -1.29. The first-order valence-corrected chi connectivity index (χ1v) is 8.96. The second-order valence-corrected chi connectivity index (χ2v) is 6.56. The molecular formula is C18H29N3S. The molecule has 1 aromatic carbocycles. The van der Waals surface area contributed by atoms with E-state index >= 15 is 0 Å². The maximum Gasteiger partial charge on any atom is 0.166 e. The van der Waals surface area contributed by atoms with Crippen molar-refractivity contribution in [3.63, 3.8) is 0 Å². The largest absolute Gasteiger partial charge is 0.370 e. The van der Waals surface area contributed by atoms with Crippen LogP contribution in [0.5, 0.6) is 0 Å². The fourth-order valence-corrected chi connectivity index (χ4v) is 3.35. The third-order valence-electron chi connectivity index (χ3n) is 4.36. The van der Waals surface area contributed by atoms with Gasteiger partial charge in [0.05, 0.1) is 0 Å². The van der Waals surface area contributed by atoms with Crippen LogP contribution < -0.4 is 15.5 Å². The van der Waals surface area contributed by atoms with E-state index in [1.807, 2.05) is 0 Å². The van der Waals surface area contributed by atoms with Crippen molar-refractivity contribution in [1.29, 1.82) is 0 Å². The molecule has 1 fully saturated rings. The third-order valence-corrected chi connectivity index (χ3v) is 4.62. The van der Waals surface area contributed by atoms with Crippen LogP contribution in [0, 0.1) is 6.92 Å². The van der Waals surface area contributed by atoms with Crippen molar-refractivity contribution in [2.75, 3.05) is 24.5 Å². The minimum atomic E-state index is 0.577. The summed E-state index contributed by atoms with van der Waals surface area (Å²) < 4.78 is 0. The average molecular weight is 320 g/mol. The summed E-state index contributed by atoms with van der Waals surface area (Å²) in [6.45, 7) is 7.18. The van der Waals surface area contributed by atoms with Gasteiger partial charge in [-0.05, 0) is 56.6 Å². The summed E-state index contributed by atoms with van der Waals surface area (Å²) in [6.07, 6.45) is 6.55. The van der Waals surface area contributed by atoms with Crippen LogP contribution in [0.4, 0.5) is 5.69 Å². The number of aryl methyl sites for hydroxylation is 1. The number of benzene rings is 1. The molecule has 1 saturated carbocycles. The Morgan fingerprint density at radius 2 is 2.05 bits per heavy atom. The molecule has 1 aliphatic carbocycles. The molecule has 0 atom stereocenters. The zero-order chi connectivity index (χ0) is 15.8. The van der Waals surface area contributed by atoms with Gasteiger partial charge in [0.15, 0.2) is 5.11 Å². The summed E-state index contributed by atoms with van der Waals surface area (Å²) >= 11 is 5.42. The van der Waals surface area contributed by atoms with Crippen LogP contribution in [0.1, 0.15) is 44.6 Å². The van der Waals surface area contributed by atoms with Crippen LogP contribution in [-0.2, 0) is 0 Å². The standard InChI is InChI=1S/C18H29N3S/c1-3-21(17-11-7-8-15(2)14-17)13-12-19-18(22)20-16-9-5-4-6-10-16/h7-8,11,14,16H,3-6,9-10,12-13H2,1-2H3,(H2,19,20,22). The van der Waals surface area contributed by atoms with Crippen molar-refractivity contribution in [2.45, 2.75) is 52.0 Å². The molecule has 4 heteroatoms. The Morgan fingerprint density at radius 3 is 2.73 bits per heavy atom. The van der Waals surface area contributed by atoms with E-state index < -0.39 is 0 Å². The average Bonchev–Trinajstić information content (AvgIpc) is 2.52. The molecule has 0 radical (unpaired) electrons. The fraction of sp³-hybridized carbons (Fsp3) is 0.611. The summed E-state index contributed by atoms with van der Waals surface area (Å²) in [4.78, 5) is 2.38. The van der Waals surface area contributed by atoms with Crippen LogP contribution in [0.15, 0.2) is 24.3 Å². The highest BCUT2D eigenvalue weighted by Gasteiger charge is 2.13. The monoisotopic (exact) mass is 319 g/mol. The first kappa shape index (κ1) is 17.1. The van der Waals surface area contributed by atoms with Gasteiger partial charge in [-0.15, -0.1) is 0 Å². The molecule has 1 aliphatic rings. The highest BCUT2D eigenvalue weighted by Crippen LogP contribution is 2.17. The van der Waals surface area contributed by atoms with Gasteiger partial charge in [-0.25, -0.2) is 0 Å². The van der Waals surface area contributed by atoms with Gasteiger partial charge in [-0.1, -0.05) is 31.4 Å². The van der Waals surface area contributed by atoms with Gasteiger partial charge in [0, 0.05) is 31.4 Å². The Labute approximate surface area is 140 Å². The molecule has 0 aromatic heterocycles. The van der Waals surface area contributed by atoms with Gasteiger partial charge < -0.3 is 15.5 Å². The molecule has 2 N–H and O–H groups in total. The number of nitrogens with one attached hydrogen (secondary N) is 2. The Balaban J connectivity index is 1.72. The molecule has 0 spiro atoms. The lowest BCUT2D eigenvalue weighted by Crippen LogP contribution is -2.45. The number of rotatable bonds is 6. The molecule has 0 unspecified atom stereocenters. The lowest BCUT2D eigenvalue weighted by Gasteiger charge is -2.26. The zero-order valence-electron chi connectivity index (χ0n) is 13.9. The Bertz CT molecular complexity index is 469. The van der Waals surface area contributed by atoms with Crippen molar-refractivity contribution in [3.05, 3.63) is 29.8 Å². The Kier molecular flexibility index (Phi) is 6.97. The normalized spacial score (nSPS) is 15.4. The molecule has 0 bridgehead atoms. The van der Waals surface area contributed by atoms with Crippen molar-refractivity contribution >= 4 is 23.0 Å². The molecule has 2 rings (SSSR count). The van der Waals surface area contributed by atoms with Gasteiger partial charge >= 0.3 is 0 Å². The van der Waals surface area contributed by atoms with Crippen molar-refractivity contribution in [1.82, 2.24) is 10.6 Å². The molecule has 0 amide bonds. The fourth-order valence-electron chi connectivity index (χ4n) is 3.08. The number of likely N-dealkylation sites (N-methyl/N-ethyl adjacent to an activating group) is 1. The highest BCUT2D eigenvalue weighted by molar-refractivity contribution is 7.80. The first-order valence-electron chi connectivity index (χ1n) is 8.55. The smallest absolute Gasteiger partial charge is 0.166 e. The molecule has 0 saturated heterocycles. The van der Waals surface area contributed by atoms with Crippen LogP contribution in [-0.4, -0.2) is 30.8 Å². The molecule has 0 heterocycles. The predicted octanol–water partition coefficient (Wildman–Crippen LogP) is 3.62. The minimum absolute atomic E-state index is 0.577. The van der Waals surface area contributed by atoms with Gasteiger partial charge in [-0.2, -0.15) is 0 Å². The van der Waals surface area contributed by atoms with Gasteiger partial charge in [-0.3, -0.25) is 0 Å². The quantitative estimate of drug-likeness (QED) is 0.783. The molecule has 0 aliphatic heterocycles. The molecule has 1 aromatic rings. The topological polar surface area (TPSA) is 27.3 Å². The lowest BCUT2D eigenvalue weighted by molar-refractivity contribution is 0.412. The second kappa shape index (κ2) is 8.99. The minimum Gasteiger partial charge on any atom is -0.370 e. The van der Waals surface area contributed by atoms with Crippen molar-refractivity contribution in [2.24, 2.45) is 0 Å². The van der Waals surface area contributed by atoms with Crippen molar-refractivity contribution in [3.8, 4) is 0 Å². The zero-order valence-corrected chi connectivity index (χ0v) is 14.7. The number of thiocarbonyl (C=S) groups is 1. The third kappa shape index (κ3) is 5.48. The SMILES string of the molecule is CCN(CCNC(=S)NC1CCCCC1)c1cccc(C)c1. The van der Waals surface area contributed by atoms with E-state index in [9.17, 15) is 0 Å². The lowest BCUT2D eigenvalue weighted by atomic mass is 9.96. The molecular weight excluding hydrogens is 290 g/mol. The van der Waals surface area contributed by atoms with Gasteiger partial charge in [0.2, 0.25) is 0 Å². The number of hydrogen-bond donors (Lipinski definition) is 2. The van der Waals surface area contributed by atoms with E-state index in [4.69, 9.17) is 12.2 Å². The van der Waals surface area contributed by atoms with E-state index in [1.54, 1.807) is 0 Å². The molecule has 3 nitrogen and oxygen atoms in total. The first-order chi connectivity index (χ1) is 10.7. The van der Waals surface area contributed by atoms with Crippen LogP contribution in [0.3, 0.4) is 0 Å². The molecule has 122 valence electrons. The summed E-state index contributed by atoms with van der Waals surface area (Å²) in [5.74, 6) is 0. The van der Waals surface area contributed by atoms with Gasteiger partial charge in [0.25, 0.3) is 0 Å². The van der Waals surface area contributed by atoms with Crippen LogP contribution in [0.2, 0.25) is 0 Å². The second-order valence-electron chi connectivity index (χ2n) is 6.15. The molecule has 22 heavy (non-hydrogen) atoms. The maximum absolute atomic E-state index is 5.42. The number of hydrogen-bond acceptors (Lipinski definition) is 2. The van der Waals surface area contributed by atoms with Crippen LogP contribution >= 0.6 is 12.2 Å². The summed E-state index contributed by atoms with van der Waals surface area (Å²) in [6, 6.07) is 9.25. The van der Waals surface area contributed by atoms with E-state index in [-0.39, 0.29) is 0 Å². The number of anilines is 1. The van der Waals surface area contributed by atoms with Crippen molar-refractivity contribution < 1.29 is 0 Å². The summed E-state index contributed by atoms with van der Waals surface area (Å²) in [5.41, 5.74) is 2.59. The predicted molar refractivity (Wildman–Crippen MR) is 99.7 cm³/mol. The summed E-state index contributed by atoms with van der Waals surface area (Å²) in [7, 11) is 0. The maximum atomic E-state index is 5.42. The van der Waals surface area contributed by atoms with E-state index in [2.05, 4.69) is 53.6 Å². The number of nitrogens with zero attached hydrogens (tertiary/aromatic N) is 1.